The molecular formula is C24H30N2O2. The maximum atomic E-state index is 11.3. The molecule has 2 N–H and O–H groups in total. The minimum Gasteiger partial charge on any atom is -0.508 e. The number of aromatic nitrogens is 2. The van der Waals surface area contributed by atoms with Gasteiger partial charge in [0.1, 0.15) is 5.75 Å². The summed E-state index contributed by atoms with van der Waals surface area (Å²) in [5.41, 5.74) is 4.84. The van der Waals surface area contributed by atoms with E-state index >= 15 is 0 Å². The third-order valence-electron chi connectivity index (χ3n) is 7.90. The van der Waals surface area contributed by atoms with E-state index in [-0.39, 0.29) is 11.5 Å². The lowest BCUT2D eigenvalue weighted by atomic mass is 9.55. The van der Waals surface area contributed by atoms with Gasteiger partial charge in [-0.3, -0.25) is 4.68 Å². The predicted molar refractivity (Wildman–Crippen MR) is 110 cm³/mol. The number of phenolic OH excluding ortho intramolecular Hbond substituents is 1. The highest BCUT2D eigenvalue weighted by Crippen LogP contribution is 2.62. The fourth-order valence-corrected chi connectivity index (χ4v) is 6.39. The molecule has 5 rings (SSSR count). The normalized spacial score (nSPS) is 35.5. The van der Waals surface area contributed by atoms with Crippen LogP contribution in [0.3, 0.4) is 0 Å². The van der Waals surface area contributed by atoms with E-state index in [0.717, 1.165) is 49.9 Å². The first-order valence-electron chi connectivity index (χ1n) is 10.7. The molecule has 0 saturated heterocycles. The Morgan fingerprint density at radius 2 is 2.14 bits per heavy atom. The van der Waals surface area contributed by atoms with Crippen LogP contribution < -0.4 is 0 Å². The number of rotatable bonds is 2. The second kappa shape index (κ2) is 6.48. The summed E-state index contributed by atoms with van der Waals surface area (Å²) < 4.78 is 1.94. The standard InChI is InChI=1S/C24H30N2O2/c1-3-26-11-9-17(25-26)12-16-14-22-21-6-4-15-13-18(27)5-7-19(15)20(21)8-10-24(22,2)23(16)28/h5,7,9,11-13,20-23,27-28H,3-4,6,8,10,14H2,1-2H3/b16-12+/t20-,21+,22+,23-,24+/m0/s1. The second-order valence-corrected chi connectivity index (χ2v) is 9.27. The summed E-state index contributed by atoms with van der Waals surface area (Å²) in [6.45, 7) is 5.26. The van der Waals surface area contributed by atoms with Crippen LogP contribution in [0.4, 0.5) is 0 Å². The summed E-state index contributed by atoms with van der Waals surface area (Å²) in [4.78, 5) is 0. The average Bonchev–Trinajstić information content (AvgIpc) is 3.25. The van der Waals surface area contributed by atoms with Gasteiger partial charge in [-0.15, -0.1) is 0 Å². The summed E-state index contributed by atoms with van der Waals surface area (Å²) in [5, 5.41) is 25.7. The molecule has 4 nitrogen and oxygen atoms in total. The number of aliphatic hydroxyl groups excluding tert-OH is 1. The lowest BCUT2D eigenvalue weighted by Crippen LogP contribution is -2.44. The maximum Gasteiger partial charge on any atom is 0.115 e. The maximum absolute atomic E-state index is 11.3. The second-order valence-electron chi connectivity index (χ2n) is 9.27. The van der Waals surface area contributed by atoms with Crippen molar-refractivity contribution in [2.45, 2.75) is 64.5 Å². The molecule has 148 valence electrons. The summed E-state index contributed by atoms with van der Waals surface area (Å²) in [6, 6.07) is 7.98. The van der Waals surface area contributed by atoms with Gasteiger partial charge in [-0.1, -0.05) is 13.0 Å². The topological polar surface area (TPSA) is 58.3 Å². The smallest absolute Gasteiger partial charge is 0.115 e. The molecule has 5 atom stereocenters. The molecule has 1 aromatic carbocycles. The van der Waals surface area contributed by atoms with Gasteiger partial charge in [-0.25, -0.2) is 0 Å². The van der Waals surface area contributed by atoms with Crippen molar-refractivity contribution in [1.29, 1.82) is 0 Å². The molecule has 0 aliphatic heterocycles. The van der Waals surface area contributed by atoms with Crippen molar-refractivity contribution >= 4 is 6.08 Å². The van der Waals surface area contributed by atoms with Gasteiger partial charge in [0.15, 0.2) is 0 Å². The fourth-order valence-electron chi connectivity index (χ4n) is 6.39. The van der Waals surface area contributed by atoms with Gasteiger partial charge < -0.3 is 10.2 Å². The molecule has 2 saturated carbocycles. The number of benzene rings is 1. The quantitative estimate of drug-likeness (QED) is 0.808. The molecule has 0 bridgehead atoms. The molecule has 2 fully saturated rings. The van der Waals surface area contributed by atoms with Crippen LogP contribution in [-0.2, 0) is 13.0 Å². The number of nitrogens with zero attached hydrogens (tertiary/aromatic N) is 2. The van der Waals surface area contributed by atoms with Crippen molar-refractivity contribution in [3.63, 3.8) is 0 Å². The van der Waals surface area contributed by atoms with Crippen LogP contribution in [0.5, 0.6) is 5.75 Å². The fraction of sp³-hybridized carbons (Fsp3) is 0.542. The van der Waals surface area contributed by atoms with Gasteiger partial charge >= 0.3 is 0 Å². The van der Waals surface area contributed by atoms with Crippen molar-refractivity contribution in [2.24, 2.45) is 17.3 Å². The van der Waals surface area contributed by atoms with Gasteiger partial charge in [0.2, 0.25) is 0 Å². The Morgan fingerprint density at radius 3 is 2.93 bits per heavy atom. The number of hydrogen-bond donors (Lipinski definition) is 2. The van der Waals surface area contributed by atoms with Crippen molar-refractivity contribution in [2.75, 3.05) is 0 Å². The van der Waals surface area contributed by atoms with Gasteiger partial charge in [-0.2, -0.15) is 5.10 Å². The van der Waals surface area contributed by atoms with E-state index < -0.39 is 0 Å². The van der Waals surface area contributed by atoms with Crippen LogP contribution in [0.1, 0.15) is 62.3 Å². The number of aryl methyl sites for hydroxylation is 2. The van der Waals surface area contributed by atoms with Crippen LogP contribution in [0, 0.1) is 17.3 Å². The number of hydrogen-bond acceptors (Lipinski definition) is 3. The minimum atomic E-state index is -0.369. The highest BCUT2D eigenvalue weighted by molar-refractivity contribution is 5.52. The Kier molecular flexibility index (Phi) is 4.16. The summed E-state index contributed by atoms with van der Waals surface area (Å²) >= 11 is 0. The molecule has 0 amide bonds. The third kappa shape index (κ3) is 2.65. The van der Waals surface area contributed by atoms with E-state index in [4.69, 9.17) is 0 Å². The van der Waals surface area contributed by atoms with Crippen molar-refractivity contribution in [3.8, 4) is 5.75 Å². The Labute approximate surface area is 166 Å². The molecule has 3 aliphatic carbocycles. The van der Waals surface area contributed by atoms with Crippen LogP contribution in [0.2, 0.25) is 0 Å². The Hall–Kier alpha value is -2.07. The molecule has 28 heavy (non-hydrogen) atoms. The molecule has 3 aliphatic rings. The molecule has 2 aromatic rings. The van der Waals surface area contributed by atoms with E-state index in [2.05, 4.69) is 31.1 Å². The van der Waals surface area contributed by atoms with Crippen LogP contribution in [-0.4, -0.2) is 26.1 Å². The van der Waals surface area contributed by atoms with Crippen molar-refractivity contribution < 1.29 is 10.2 Å². The van der Waals surface area contributed by atoms with Crippen molar-refractivity contribution in [1.82, 2.24) is 9.78 Å². The average molecular weight is 379 g/mol. The monoisotopic (exact) mass is 378 g/mol. The SMILES string of the molecule is CCn1ccc(/C=C2\C[C@@H]3[C@@H]4CCc5cc(O)ccc5[C@@H]4CC[C@@]3(C)[C@H]2O)n1. The van der Waals surface area contributed by atoms with Gasteiger partial charge in [0.05, 0.1) is 11.8 Å². The zero-order valence-corrected chi connectivity index (χ0v) is 16.8. The minimum absolute atomic E-state index is 0.0330. The van der Waals surface area contributed by atoms with Crippen LogP contribution in [0.25, 0.3) is 6.08 Å². The summed E-state index contributed by atoms with van der Waals surface area (Å²) in [5.74, 6) is 2.08. The van der Waals surface area contributed by atoms with E-state index in [1.807, 2.05) is 29.1 Å². The lowest BCUT2D eigenvalue weighted by Gasteiger charge is -2.49. The Balaban J connectivity index is 1.46. The predicted octanol–water partition coefficient (Wildman–Crippen LogP) is 4.52. The van der Waals surface area contributed by atoms with Crippen LogP contribution in [0.15, 0.2) is 36.0 Å². The Bertz CT molecular complexity index is 930. The number of phenols is 1. The lowest BCUT2D eigenvalue weighted by molar-refractivity contribution is -0.0158. The summed E-state index contributed by atoms with van der Waals surface area (Å²) in [6.07, 6.45) is 9.12. The number of aliphatic hydroxyl groups is 1. The molecule has 4 heteroatoms. The van der Waals surface area contributed by atoms with E-state index in [1.165, 1.54) is 11.1 Å². The van der Waals surface area contributed by atoms with E-state index in [0.29, 0.717) is 23.5 Å². The van der Waals surface area contributed by atoms with Crippen LogP contribution >= 0.6 is 0 Å². The molecule has 1 heterocycles. The van der Waals surface area contributed by atoms with Gasteiger partial charge in [0, 0.05) is 18.2 Å². The molecular weight excluding hydrogens is 348 g/mol. The first kappa shape index (κ1) is 18.0. The van der Waals surface area contributed by atoms with E-state index in [1.54, 1.807) is 0 Å². The first-order chi connectivity index (χ1) is 13.5. The largest absolute Gasteiger partial charge is 0.508 e. The van der Waals surface area contributed by atoms with E-state index in [9.17, 15) is 10.2 Å². The highest BCUT2D eigenvalue weighted by atomic mass is 16.3. The molecule has 0 unspecified atom stereocenters. The zero-order valence-electron chi connectivity index (χ0n) is 16.8. The Morgan fingerprint density at radius 1 is 1.29 bits per heavy atom. The van der Waals surface area contributed by atoms with Gasteiger partial charge in [-0.05, 0) is 97.8 Å². The number of aromatic hydroxyl groups is 1. The van der Waals surface area contributed by atoms with Gasteiger partial charge in [0.25, 0.3) is 0 Å². The molecule has 0 radical (unpaired) electrons. The molecule has 0 spiro atoms. The van der Waals surface area contributed by atoms with Crippen molar-refractivity contribution in [3.05, 3.63) is 52.9 Å². The highest BCUT2D eigenvalue weighted by Gasteiger charge is 2.56. The summed E-state index contributed by atoms with van der Waals surface area (Å²) in [7, 11) is 0. The first-order valence-corrected chi connectivity index (χ1v) is 10.7. The zero-order chi connectivity index (χ0) is 19.5. The number of fused-ring (bicyclic) bond motifs is 5. The third-order valence-corrected chi connectivity index (χ3v) is 7.90. The molecule has 1 aromatic heterocycles.